The van der Waals surface area contributed by atoms with Gasteiger partial charge in [0.25, 0.3) is 5.91 Å². The molecule has 0 unspecified atom stereocenters. The van der Waals surface area contributed by atoms with Gasteiger partial charge in [-0.25, -0.2) is 4.98 Å². The summed E-state index contributed by atoms with van der Waals surface area (Å²) in [5.74, 6) is -0.468. The monoisotopic (exact) mass is 256 g/mol. The van der Waals surface area contributed by atoms with Crippen molar-refractivity contribution in [2.75, 3.05) is 5.32 Å². The van der Waals surface area contributed by atoms with E-state index in [4.69, 9.17) is 5.26 Å². The Kier molecular flexibility index (Phi) is 3.79. The average molecular weight is 256 g/mol. The van der Waals surface area contributed by atoms with Crippen LogP contribution in [0.15, 0.2) is 41.7 Å². The van der Waals surface area contributed by atoms with Crippen LogP contribution in [0.2, 0.25) is 0 Å². The number of nitriles is 1. The van der Waals surface area contributed by atoms with Crippen LogP contribution in [0.5, 0.6) is 0 Å². The molecule has 0 fully saturated rings. The summed E-state index contributed by atoms with van der Waals surface area (Å²) in [6, 6.07) is 5.30. The fraction of sp³-hybridized carbons (Fsp3) is 0. The van der Waals surface area contributed by atoms with Crippen LogP contribution in [0.4, 0.5) is 5.13 Å². The van der Waals surface area contributed by atoms with Gasteiger partial charge in [-0.2, -0.15) is 5.26 Å². The molecule has 1 N–H and O–H groups in total. The second kappa shape index (κ2) is 5.70. The predicted molar refractivity (Wildman–Crippen MR) is 68.6 cm³/mol. The molecule has 0 aliphatic carbocycles. The third kappa shape index (κ3) is 2.99. The molecule has 0 bridgehead atoms. The Morgan fingerprint density at radius 1 is 1.39 bits per heavy atom. The van der Waals surface area contributed by atoms with Crippen LogP contribution in [0, 0.1) is 11.3 Å². The SMILES string of the molecule is N#CC(=Cc1ccncc1)C(=O)Nc1nccs1. The standard InChI is InChI=1S/C12H8N4OS/c13-8-10(7-9-1-3-14-4-2-9)11(17)16-12-15-5-6-18-12/h1-7H,(H,15,16,17). The van der Waals surface area contributed by atoms with Gasteiger partial charge < -0.3 is 0 Å². The molecule has 0 radical (unpaired) electrons. The fourth-order valence-corrected chi connectivity index (χ4v) is 1.75. The molecule has 0 aromatic carbocycles. The number of anilines is 1. The number of carbonyl (C=O) groups excluding carboxylic acids is 1. The van der Waals surface area contributed by atoms with Gasteiger partial charge in [0.15, 0.2) is 5.13 Å². The lowest BCUT2D eigenvalue weighted by Crippen LogP contribution is -2.13. The molecule has 6 heteroatoms. The summed E-state index contributed by atoms with van der Waals surface area (Å²) in [5, 5.41) is 13.7. The predicted octanol–water partition coefficient (Wildman–Crippen LogP) is 2.08. The van der Waals surface area contributed by atoms with Crippen molar-refractivity contribution in [3.63, 3.8) is 0 Å². The average Bonchev–Trinajstić information content (AvgIpc) is 2.90. The number of amides is 1. The highest BCUT2D eigenvalue weighted by atomic mass is 32.1. The number of nitrogens with one attached hydrogen (secondary N) is 1. The van der Waals surface area contributed by atoms with Crippen molar-refractivity contribution in [1.29, 1.82) is 5.26 Å². The largest absolute Gasteiger partial charge is 0.297 e. The molecule has 18 heavy (non-hydrogen) atoms. The summed E-state index contributed by atoms with van der Waals surface area (Å²) in [7, 11) is 0. The van der Waals surface area contributed by atoms with Crippen molar-refractivity contribution < 1.29 is 4.79 Å². The minimum Gasteiger partial charge on any atom is -0.297 e. The lowest BCUT2D eigenvalue weighted by atomic mass is 10.1. The molecular formula is C12H8N4OS. The maximum Gasteiger partial charge on any atom is 0.268 e. The molecule has 0 saturated heterocycles. The van der Waals surface area contributed by atoms with E-state index in [1.54, 1.807) is 36.1 Å². The molecule has 0 aliphatic heterocycles. The molecule has 1 amide bonds. The first-order valence-corrected chi connectivity index (χ1v) is 5.90. The molecule has 5 nitrogen and oxygen atoms in total. The van der Waals surface area contributed by atoms with Gasteiger partial charge in [0, 0.05) is 24.0 Å². The minimum absolute atomic E-state index is 0.0244. The Morgan fingerprint density at radius 3 is 2.78 bits per heavy atom. The quantitative estimate of drug-likeness (QED) is 0.673. The fourth-order valence-electron chi connectivity index (χ4n) is 1.22. The number of pyridine rings is 1. The molecule has 2 aromatic heterocycles. The molecular weight excluding hydrogens is 248 g/mol. The number of carbonyl (C=O) groups is 1. The number of rotatable bonds is 3. The molecule has 88 valence electrons. The van der Waals surface area contributed by atoms with Crippen LogP contribution in [-0.2, 0) is 4.79 Å². The van der Waals surface area contributed by atoms with Crippen LogP contribution in [-0.4, -0.2) is 15.9 Å². The highest BCUT2D eigenvalue weighted by Crippen LogP contribution is 2.13. The van der Waals surface area contributed by atoms with Gasteiger partial charge in [-0.15, -0.1) is 11.3 Å². The second-order valence-corrected chi connectivity index (χ2v) is 4.14. The van der Waals surface area contributed by atoms with Gasteiger partial charge in [-0.1, -0.05) is 0 Å². The van der Waals surface area contributed by atoms with E-state index in [0.717, 1.165) is 5.56 Å². The zero-order valence-corrected chi connectivity index (χ0v) is 10.0. The number of nitrogens with zero attached hydrogens (tertiary/aromatic N) is 3. The van der Waals surface area contributed by atoms with Gasteiger partial charge in [0.2, 0.25) is 0 Å². The van der Waals surface area contributed by atoms with Crippen molar-refractivity contribution >= 4 is 28.5 Å². The summed E-state index contributed by atoms with van der Waals surface area (Å²) >= 11 is 1.30. The van der Waals surface area contributed by atoms with E-state index in [1.807, 2.05) is 6.07 Å². The molecule has 2 aromatic rings. The van der Waals surface area contributed by atoms with E-state index in [2.05, 4.69) is 15.3 Å². The van der Waals surface area contributed by atoms with E-state index >= 15 is 0 Å². The number of aromatic nitrogens is 2. The lowest BCUT2D eigenvalue weighted by Gasteiger charge is -1.99. The maximum absolute atomic E-state index is 11.8. The van der Waals surface area contributed by atoms with E-state index in [1.165, 1.54) is 17.4 Å². The van der Waals surface area contributed by atoms with Crippen molar-refractivity contribution in [3.05, 3.63) is 47.2 Å². The highest BCUT2D eigenvalue weighted by molar-refractivity contribution is 7.13. The molecule has 0 saturated carbocycles. The van der Waals surface area contributed by atoms with Crippen molar-refractivity contribution in [1.82, 2.24) is 9.97 Å². The summed E-state index contributed by atoms with van der Waals surface area (Å²) in [5.41, 5.74) is 0.771. The lowest BCUT2D eigenvalue weighted by molar-refractivity contribution is -0.112. The Labute approximate surface area is 107 Å². The van der Waals surface area contributed by atoms with Crippen molar-refractivity contribution in [2.24, 2.45) is 0 Å². The molecule has 2 rings (SSSR count). The summed E-state index contributed by atoms with van der Waals surface area (Å²) in [6.07, 6.45) is 6.28. The van der Waals surface area contributed by atoms with Gasteiger partial charge in [0.05, 0.1) is 0 Å². The molecule has 0 spiro atoms. The smallest absolute Gasteiger partial charge is 0.268 e. The highest BCUT2D eigenvalue weighted by Gasteiger charge is 2.10. The Balaban J connectivity index is 2.17. The Morgan fingerprint density at radius 2 is 2.17 bits per heavy atom. The van der Waals surface area contributed by atoms with Crippen molar-refractivity contribution in [3.8, 4) is 6.07 Å². The molecule has 2 heterocycles. The van der Waals surface area contributed by atoms with Crippen molar-refractivity contribution in [2.45, 2.75) is 0 Å². The van der Waals surface area contributed by atoms with Gasteiger partial charge in [-0.05, 0) is 23.8 Å². The minimum atomic E-state index is -0.468. The topological polar surface area (TPSA) is 78.7 Å². The maximum atomic E-state index is 11.8. The third-order valence-electron chi connectivity index (χ3n) is 2.03. The Bertz CT molecular complexity index is 599. The van der Waals surface area contributed by atoms with E-state index in [-0.39, 0.29) is 5.57 Å². The number of thiazole rings is 1. The zero-order valence-electron chi connectivity index (χ0n) is 9.20. The third-order valence-corrected chi connectivity index (χ3v) is 2.72. The van der Waals surface area contributed by atoms with Gasteiger partial charge in [-0.3, -0.25) is 15.1 Å². The van der Waals surface area contributed by atoms with Crippen LogP contribution >= 0.6 is 11.3 Å². The van der Waals surface area contributed by atoms with E-state index in [9.17, 15) is 4.79 Å². The number of hydrogen-bond donors (Lipinski definition) is 1. The summed E-state index contributed by atoms with van der Waals surface area (Å²) in [4.78, 5) is 19.6. The van der Waals surface area contributed by atoms with Gasteiger partial charge >= 0.3 is 0 Å². The first-order chi connectivity index (χ1) is 8.79. The van der Waals surface area contributed by atoms with Crippen LogP contribution < -0.4 is 5.32 Å². The summed E-state index contributed by atoms with van der Waals surface area (Å²) in [6.45, 7) is 0. The molecule has 0 atom stereocenters. The Hall–Kier alpha value is -2.52. The first kappa shape index (κ1) is 12.0. The number of hydrogen-bond acceptors (Lipinski definition) is 5. The van der Waals surface area contributed by atoms with Crippen LogP contribution in [0.3, 0.4) is 0 Å². The van der Waals surface area contributed by atoms with Crippen LogP contribution in [0.1, 0.15) is 5.56 Å². The zero-order chi connectivity index (χ0) is 12.8. The van der Waals surface area contributed by atoms with Crippen LogP contribution in [0.25, 0.3) is 6.08 Å². The summed E-state index contributed by atoms with van der Waals surface area (Å²) < 4.78 is 0. The second-order valence-electron chi connectivity index (χ2n) is 3.24. The first-order valence-electron chi connectivity index (χ1n) is 5.02. The van der Waals surface area contributed by atoms with E-state index < -0.39 is 5.91 Å². The van der Waals surface area contributed by atoms with E-state index in [0.29, 0.717) is 5.13 Å². The molecule has 0 aliphatic rings. The normalized spacial score (nSPS) is 10.7. The van der Waals surface area contributed by atoms with Gasteiger partial charge in [0.1, 0.15) is 11.6 Å².